The number of esters is 1. The molecule has 4 rings (SSSR count). The minimum atomic E-state index is -0.575. The van der Waals surface area contributed by atoms with Crippen LogP contribution in [0.3, 0.4) is 0 Å². The molecule has 236 valence electrons. The van der Waals surface area contributed by atoms with E-state index in [0.717, 1.165) is 36.8 Å². The Hall–Kier alpha value is -4.02. The maximum absolute atomic E-state index is 14.4. The summed E-state index contributed by atoms with van der Waals surface area (Å²) < 4.78 is 12.1. The number of benzene rings is 2. The topological polar surface area (TPSA) is 114 Å². The molecule has 0 spiro atoms. The van der Waals surface area contributed by atoms with Crippen molar-refractivity contribution in [2.24, 2.45) is 0 Å². The van der Waals surface area contributed by atoms with E-state index in [4.69, 9.17) is 14.5 Å². The van der Waals surface area contributed by atoms with Crippen LogP contribution in [0.15, 0.2) is 48.7 Å². The van der Waals surface area contributed by atoms with Gasteiger partial charge in [-0.15, -0.1) is 0 Å². The third-order valence-electron chi connectivity index (χ3n) is 8.12. The monoisotopic (exact) mass is 604 g/mol. The fraction of sp³-hybridized carbons (Fsp3) is 0.471. The van der Waals surface area contributed by atoms with Crippen molar-refractivity contribution in [3.8, 4) is 11.4 Å². The van der Waals surface area contributed by atoms with Crippen LogP contribution in [0.4, 0.5) is 0 Å². The van der Waals surface area contributed by atoms with Gasteiger partial charge in [0, 0.05) is 45.0 Å². The lowest BCUT2D eigenvalue weighted by Gasteiger charge is -2.36. The summed E-state index contributed by atoms with van der Waals surface area (Å²) in [4.78, 5) is 49.0. The molecule has 0 aliphatic carbocycles. The highest BCUT2D eigenvalue weighted by Crippen LogP contribution is 2.31. The van der Waals surface area contributed by atoms with Gasteiger partial charge in [0.1, 0.15) is 11.5 Å². The van der Waals surface area contributed by atoms with E-state index in [1.807, 2.05) is 33.7 Å². The molecule has 0 unspecified atom stereocenters. The first-order valence-corrected chi connectivity index (χ1v) is 15.4. The molecule has 0 bridgehead atoms. The molecule has 0 saturated carbocycles. The van der Waals surface area contributed by atoms with Crippen LogP contribution in [-0.4, -0.2) is 88.8 Å². The van der Waals surface area contributed by atoms with Gasteiger partial charge in [0.25, 0.3) is 11.8 Å². The molecular formula is C34H44N4O6. The fourth-order valence-corrected chi connectivity index (χ4v) is 5.57. The summed E-state index contributed by atoms with van der Waals surface area (Å²) >= 11 is 0. The first-order valence-electron chi connectivity index (χ1n) is 15.4. The van der Waals surface area contributed by atoms with Crippen LogP contribution in [0.25, 0.3) is 11.4 Å². The molecule has 1 aliphatic heterocycles. The summed E-state index contributed by atoms with van der Waals surface area (Å²) in [6, 6.07) is 12.2. The SMILES string of the molecule is CCCCN(CCCC)C(=O)c1cn(CCOC)c(-c2ccc(C(=O)OC)cc2C(=O)N2Cc3ccccc3C[C@H]2CO)n1. The number of nitrogens with zero attached hydrogens (tertiary/aromatic N) is 4. The van der Waals surface area contributed by atoms with Crippen LogP contribution in [-0.2, 0) is 29.0 Å². The Morgan fingerprint density at radius 3 is 2.36 bits per heavy atom. The Morgan fingerprint density at radius 1 is 1.02 bits per heavy atom. The van der Waals surface area contributed by atoms with Crippen LogP contribution in [0, 0.1) is 0 Å². The second-order valence-corrected chi connectivity index (χ2v) is 11.1. The molecular weight excluding hydrogens is 560 g/mol. The van der Waals surface area contributed by atoms with Crippen molar-refractivity contribution in [1.29, 1.82) is 0 Å². The number of rotatable bonds is 14. The number of imidazole rings is 1. The van der Waals surface area contributed by atoms with Crippen LogP contribution in [0.5, 0.6) is 0 Å². The highest BCUT2D eigenvalue weighted by Gasteiger charge is 2.33. The number of hydrogen-bond acceptors (Lipinski definition) is 7. The zero-order valence-electron chi connectivity index (χ0n) is 26.3. The molecule has 10 heteroatoms. The van der Waals surface area contributed by atoms with E-state index in [2.05, 4.69) is 13.8 Å². The van der Waals surface area contributed by atoms with Gasteiger partial charge < -0.3 is 28.9 Å². The number of carbonyl (C=O) groups is 3. The summed E-state index contributed by atoms with van der Waals surface area (Å²) in [5.41, 5.74) is 3.32. The van der Waals surface area contributed by atoms with Crippen molar-refractivity contribution in [3.63, 3.8) is 0 Å². The molecule has 2 amide bonds. The van der Waals surface area contributed by atoms with Crippen molar-refractivity contribution in [3.05, 3.63) is 76.6 Å². The van der Waals surface area contributed by atoms with Crippen molar-refractivity contribution >= 4 is 17.8 Å². The van der Waals surface area contributed by atoms with Crippen LogP contribution in [0.2, 0.25) is 0 Å². The number of aliphatic hydroxyl groups excluding tert-OH is 1. The minimum absolute atomic E-state index is 0.156. The smallest absolute Gasteiger partial charge is 0.337 e. The molecule has 44 heavy (non-hydrogen) atoms. The van der Waals surface area contributed by atoms with Crippen molar-refractivity contribution < 1.29 is 29.0 Å². The predicted octanol–water partition coefficient (Wildman–Crippen LogP) is 4.58. The van der Waals surface area contributed by atoms with E-state index in [-0.39, 0.29) is 29.5 Å². The maximum Gasteiger partial charge on any atom is 0.337 e. The fourth-order valence-electron chi connectivity index (χ4n) is 5.57. The number of unbranched alkanes of at least 4 members (excludes halogenated alkanes) is 2. The minimum Gasteiger partial charge on any atom is -0.465 e. The molecule has 3 aromatic rings. The van der Waals surface area contributed by atoms with Gasteiger partial charge in [-0.05, 0) is 48.6 Å². The van der Waals surface area contributed by atoms with Crippen LogP contribution >= 0.6 is 0 Å². The number of aliphatic hydroxyl groups is 1. The third kappa shape index (κ3) is 7.36. The van der Waals surface area contributed by atoms with Gasteiger partial charge in [-0.3, -0.25) is 9.59 Å². The van der Waals surface area contributed by atoms with Crippen molar-refractivity contribution in [2.75, 3.05) is 40.5 Å². The molecule has 1 aromatic heterocycles. The molecule has 1 aliphatic rings. The summed E-state index contributed by atoms with van der Waals surface area (Å²) in [5.74, 6) is -0.652. The van der Waals surface area contributed by atoms with E-state index >= 15 is 0 Å². The number of amides is 2. The van der Waals surface area contributed by atoms with Gasteiger partial charge in [-0.1, -0.05) is 51.0 Å². The quantitative estimate of drug-likeness (QED) is 0.268. The van der Waals surface area contributed by atoms with E-state index in [1.54, 1.807) is 30.3 Å². The van der Waals surface area contributed by atoms with E-state index in [1.165, 1.54) is 13.2 Å². The van der Waals surface area contributed by atoms with Crippen molar-refractivity contribution in [2.45, 2.75) is 65.1 Å². The van der Waals surface area contributed by atoms with Gasteiger partial charge in [0.05, 0.1) is 37.5 Å². The lowest BCUT2D eigenvalue weighted by atomic mass is 9.92. The number of methoxy groups -OCH3 is 2. The summed E-state index contributed by atoms with van der Waals surface area (Å²) in [6.45, 7) is 6.35. The standard InChI is InChI=1S/C34H44N4O6/c1-5-7-15-36(16-8-6-2)33(41)30-22-37(17-18-43-3)31(35-30)28-14-13-25(34(42)44-4)20-29(28)32(40)38-21-26-12-10-9-11-24(26)19-27(38)23-39/h9-14,20,22,27,39H,5-8,15-19,21,23H2,1-4H3/t27-/m0/s1. The Balaban J connectivity index is 1.81. The maximum atomic E-state index is 14.4. The summed E-state index contributed by atoms with van der Waals surface area (Å²) in [5, 5.41) is 10.3. The highest BCUT2D eigenvalue weighted by atomic mass is 16.5. The molecule has 0 saturated heterocycles. The normalized spacial score (nSPS) is 14.3. The number of aromatic nitrogens is 2. The summed E-state index contributed by atoms with van der Waals surface area (Å²) in [7, 11) is 2.89. The van der Waals surface area contributed by atoms with Gasteiger partial charge in [-0.2, -0.15) is 0 Å². The molecule has 2 aromatic carbocycles. The third-order valence-corrected chi connectivity index (χ3v) is 8.12. The Labute approximate surface area is 259 Å². The Morgan fingerprint density at radius 2 is 1.73 bits per heavy atom. The van der Waals surface area contributed by atoms with Gasteiger partial charge in [-0.25, -0.2) is 9.78 Å². The second-order valence-electron chi connectivity index (χ2n) is 11.1. The molecule has 1 atom stereocenters. The van der Waals surface area contributed by atoms with E-state index in [9.17, 15) is 19.5 Å². The lowest BCUT2D eigenvalue weighted by molar-refractivity contribution is 0.0544. The average molecular weight is 605 g/mol. The van der Waals surface area contributed by atoms with E-state index in [0.29, 0.717) is 56.3 Å². The van der Waals surface area contributed by atoms with Crippen LogP contribution < -0.4 is 0 Å². The molecule has 0 fully saturated rings. The molecule has 1 N–H and O–H groups in total. The average Bonchev–Trinajstić information content (AvgIpc) is 3.49. The Bertz CT molecular complexity index is 1440. The lowest BCUT2D eigenvalue weighted by Crippen LogP contribution is -2.46. The Kier molecular flexibility index (Phi) is 11.7. The van der Waals surface area contributed by atoms with E-state index < -0.39 is 12.0 Å². The predicted molar refractivity (Wildman–Crippen MR) is 167 cm³/mol. The van der Waals surface area contributed by atoms with Gasteiger partial charge in [0.15, 0.2) is 0 Å². The highest BCUT2D eigenvalue weighted by molar-refractivity contribution is 6.03. The number of hydrogen-bond donors (Lipinski definition) is 1. The number of ether oxygens (including phenoxy) is 2. The number of fused-ring (bicyclic) bond motifs is 1. The first kappa shape index (κ1) is 32.9. The molecule has 10 nitrogen and oxygen atoms in total. The molecule has 0 radical (unpaired) electrons. The number of carbonyl (C=O) groups excluding carboxylic acids is 3. The first-order chi connectivity index (χ1) is 21.4. The zero-order chi connectivity index (χ0) is 31.6. The van der Waals surface area contributed by atoms with Gasteiger partial charge in [0.2, 0.25) is 0 Å². The second kappa shape index (κ2) is 15.6. The van der Waals surface area contributed by atoms with Crippen molar-refractivity contribution in [1.82, 2.24) is 19.4 Å². The zero-order valence-corrected chi connectivity index (χ0v) is 26.3. The largest absolute Gasteiger partial charge is 0.465 e. The van der Waals surface area contributed by atoms with Gasteiger partial charge >= 0.3 is 5.97 Å². The molecule has 2 heterocycles. The van der Waals surface area contributed by atoms with Crippen LogP contribution in [0.1, 0.15) is 81.9 Å². The summed E-state index contributed by atoms with van der Waals surface area (Å²) in [6.07, 6.45) is 5.96.